The van der Waals surface area contributed by atoms with Crippen molar-refractivity contribution in [2.24, 2.45) is 0 Å². The van der Waals surface area contributed by atoms with Gasteiger partial charge in [-0.15, -0.1) is 0 Å². The van der Waals surface area contributed by atoms with Gasteiger partial charge in [-0.3, -0.25) is 4.79 Å². The van der Waals surface area contributed by atoms with E-state index in [4.69, 9.17) is 14.0 Å². The van der Waals surface area contributed by atoms with E-state index in [1.165, 1.54) is 6.92 Å². The van der Waals surface area contributed by atoms with Crippen molar-refractivity contribution in [1.82, 2.24) is 5.16 Å². The van der Waals surface area contributed by atoms with E-state index < -0.39 is 5.97 Å². The number of rotatable bonds is 6. The van der Waals surface area contributed by atoms with Crippen molar-refractivity contribution in [2.75, 3.05) is 0 Å². The number of aryl methyl sites for hydroxylation is 2. The number of hydrogen-bond donors (Lipinski definition) is 0. The van der Waals surface area contributed by atoms with Crippen molar-refractivity contribution < 1.29 is 23.6 Å². The molecule has 27 heavy (non-hydrogen) atoms. The van der Waals surface area contributed by atoms with Crippen LogP contribution in [0.5, 0.6) is 11.5 Å². The number of esters is 1. The SMILES string of the molecule is CC(=O)c1ccc(OC(=O)c2cccc(OCc3c(C)noc3C)c2)cc1. The minimum Gasteiger partial charge on any atom is -0.489 e. The molecule has 0 spiro atoms. The van der Waals surface area contributed by atoms with Crippen LogP contribution in [0.4, 0.5) is 0 Å². The van der Waals surface area contributed by atoms with Crippen LogP contribution in [0.15, 0.2) is 53.1 Å². The summed E-state index contributed by atoms with van der Waals surface area (Å²) in [7, 11) is 0. The van der Waals surface area contributed by atoms with Crippen LogP contribution in [0, 0.1) is 13.8 Å². The number of carbonyl (C=O) groups is 2. The Labute approximate surface area is 156 Å². The topological polar surface area (TPSA) is 78.6 Å². The van der Waals surface area contributed by atoms with Gasteiger partial charge in [0, 0.05) is 5.56 Å². The van der Waals surface area contributed by atoms with Crippen molar-refractivity contribution in [3.05, 3.63) is 76.7 Å². The molecular formula is C21H19NO5. The Balaban J connectivity index is 1.67. The zero-order valence-corrected chi connectivity index (χ0v) is 15.3. The second kappa shape index (κ2) is 7.86. The summed E-state index contributed by atoms with van der Waals surface area (Å²) in [6, 6.07) is 13.2. The standard InChI is InChI=1S/C21H19NO5/c1-13-20(15(3)27-22-13)12-25-19-6-4-5-17(11-19)21(24)26-18-9-7-16(8-10-18)14(2)23/h4-11H,12H2,1-3H3. The molecule has 0 aliphatic rings. The number of hydrogen-bond acceptors (Lipinski definition) is 6. The lowest BCUT2D eigenvalue weighted by molar-refractivity contribution is 0.0734. The van der Waals surface area contributed by atoms with Gasteiger partial charge in [-0.05, 0) is 63.2 Å². The fourth-order valence-corrected chi connectivity index (χ4v) is 2.50. The summed E-state index contributed by atoms with van der Waals surface area (Å²) in [6.45, 7) is 5.45. The van der Waals surface area contributed by atoms with Crippen LogP contribution >= 0.6 is 0 Å². The first-order chi connectivity index (χ1) is 12.9. The third kappa shape index (κ3) is 4.41. The van der Waals surface area contributed by atoms with Gasteiger partial charge >= 0.3 is 5.97 Å². The van der Waals surface area contributed by atoms with Gasteiger partial charge in [-0.1, -0.05) is 11.2 Å². The Hall–Kier alpha value is -3.41. The van der Waals surface area contributed by atoms with Crippen LogP contribution in [0.1, 0.15) is 44.7 Å². The lowest BCUT2D eigenvalue weighted by Crippen LogP contribution is -2.09. The summed E-state index contributed by atoms with van der Waals surface area (Å²) in [4.78, 5) is 23.7. The quantitative estimate of drug-likeness (QED) is 0.368. The first kappa shape index (κ1) is 18.4. The Morgan fingerprint density at radius 1 is 1.00 bits per heavy atom. The van der Waals surface area contributed by atoms with Gasteiger partial charge in [-0.2, -0.15) is 0 Å². The summed E-state index contributed by atoms with van der Waals surface area (Å²) in [5.41, 5.74) is 2.58. The van der Waals surface area contributed by atoms with E-state index in [1.54, 1.807) is 48.5 Å². The Morgan fingerprint density at radius 3 is 2.37 bits per heavy atom. The Bertz CT molecular complexity index is 953. The Kier molecular flexibility index (Phi) is 5.35. The molecule has 1 aromatic heterocycles. The smallest absolute Gasteiger partial charge is 0.343 e. The monoisotopic (exact) mass is 365 g/mol. The minimum absolute atomic E-state index is 0.0453. The highest BCUT2D eigenvalue weighted by Crippen LogP contribution is 2.20. The normalized spacial score (nSPS) is 10.5. The molecule has 0 saturated carbocycles. The summed E-state index contributed by atoms with van der Waals surface area (Å²) >= 11 is 0. The summed E-state index contributed by atoms with van der Waals surface area (Å²) < 4.78 is 16.2. The highest BCUT2D eigenvalue weighted by atomic mass is 16.5. The molecule has 0 atom stereocenters. The molecule has 0 fully saturated rings. The predicted molar refractivity (Wildman–Crippen MR) is 98.2 cm³/mol. The Morgan fingerprint density at radius 2 is 1.74 bits per heavy atom. The largest absolute Gasteiger partial charge is 0.489 e. The van der Waals surface area contributed by atoms with Crippen LogP contribution < -0.4 is 9.47 Å². The van der Waals surface area contributed by atoms with E-state index in [2.05, 4.69) is 5.16 Å². The van der Waals surface area contributed by atoms with Crippen LogP contribution in [0.3, 0.4) is 0 Å². The molecule has 0 radical (unpaired) electrons. The zero-order chi connectivity index (χ0) is 19.4. The van der Waals surface area contributed by atoms with Crippen LogP contribution in [0.25, 0.3) is 0 Å². The number of nitrogens with zero attached hydrogens (tertiary/aromatic N) is 1. The second-order valence-electron chi connectivity index (χ2n) is 6.09. The molecule has 1 heterocycles. The maximum absolute atomic E-state index is 12.4. The van der Waals surface area contributed by atoms with Gasteiger partial charge in [0.15, 0.2) is 5.78 Å². The van der Waals surface area contributed by atoms with Crippen molar-refractivity contribution in [1.29, 1.82) is 0 Å². The lowest BCUT2D eigenvalue weighted by Gasteiger charge is -2.08. The summed E-state index contributed by atoms with van der Waals surface area (Å²) in [5, 5.41) is 3.89. The van der Waals surface area contributed by atoms with Crippen molar-refractivity contribution in [3.8, 4) is 11.5 Å². The van der Waals surface area contributed by atoms with Gasteiger partial charge in [0.05, 0.1) is 16.8 Å². The third-order valence-corrected chi connectivity index (χ3v) is 4.11. The van der Waals surface area contributed by atoms with Gasteiger partial charge in [0.25, 0.3) is 0 Å². The molecular weight excluding hydrogens is 346 g/mol. The lowest BCUT2D eigenvalue weighted by atomic mass is 10.1. The molecule has 0 bridgehead atoms. The molecule has 3 rings (SSSR count). The number of ether oxygens (including phenoxy) is 2. The fraction of sp³-hybridized carbons (Fsp3) is 0.190. The molecule has 2 aromatic carbocycles. The van der Waals surface area contributed by atoms with Gasteiger partial charge < -0.3 is 14.0 Å². The molecule has 0 amide bonds. The van der Waals surface area contributed by atoms with Gasteiger partial charge in [0.2, 0.25) is 0 Å². The first-order valence-corrected chi connectivity index (χ1v) is 8.42. The van der Waals surface area contributed by atoms with Crippen molar-refractivity contribution in [2.45, 2.75) is 27.4 Å². The molecule has 6 heteroatoms. The van der Waals surface area contributed by atoms with Crippen molar-refractivity contribution >= 4 is 11.8 Å². The maximum atomic E-state index is 12.4. The molecule has 3 aromatic rings. The average molecular weight is 365 g/mol. The van der Waals surface area contributed by atoms with E-state index in [1.807, 2.05) is 13.8 Å². The molecule has 0 saturated heterocycles. The van der Waals surface area contributed by atoms with E-state index >= 15 is 0 Å². The predicted octanol–water partition coefficient (Wildman–Crippen LogP) is 4.29. The van der Waals surface area contributed by atoms with Gasteiger partial charge in [-0.25, -0.2) is 4.79 Å². The van der Waals surface area contributed by atoms with E-state index in [0.717, 1.165) is 11.3 Å². The molecule has 0 N–H and O–H groups in total. The summed E-state index contributed by atoms with van der Waals surface area (Å²) in [6.07, 6.45) is 0. The minimum atomic E-state index is -0.506. The number of benzene rings is 2. The van der Waals surface area contributed by atoms with Gasteiger partial charge in [0.1, 0.15) is 23.9 Å². The van der Waals surface area contributed by atoms with E-state index in [-0.39, 0.29) is 5.78 Å². The number of ketones is 1. The number of aromatic nitrogens is 1. The first-order valence-electron chi connectivity index (χ1n) is 8.42. The van der Waals surface area contributed by atoms with Crippen LogP contribution in [-0.2, 0) is 6.61 Å². The molecule has 138 valence electrons. The molecule has 0 unspecified atom stereocenters. The number of Topliss-reactive ketones (excluding diaryl/α,β-unsaturated/α-hetero) is 1. The van der Waals surface area contributed by atoms with Crippen molar-refractivity contribution in [3.63, 3.8) is 0 Å². The highest BCUT2D eigenvalue weighted by Gasteiger charge is 2.12. The summed E-state index contributed by atoms with van der Waals surface area (Å²) in [5.74, 6) is 1.06. The molecule has 6 nitrogen and oxygen atoms in total. The second-order valence-corrected chi connectivity index (χ2v) is 6.09. The van der Waals surface area contributed by atoms with Crippen LogP contribution in [-0.4, -0.2) is 16.9 Å². The molecule has 0 aliphatic heterocycles. The molecule has 0 aliphatic carbocycles. The fourth-order valence-electron chi connectivity index (χ4n) is 2.50. The maximum Gasteiger partial charge on any atom is 0.343 e. The highest BCUT2D eigenvalue weighted by molar-refractivity contribution is 5.94. The number of carbonyl (C=O) groups excluding carboxylic acids is 2. The van der Waals surface area contributed by atoms with E-state index in [0.29, 0.717) is 35.0 Å². The average Bonchev–Trinajstić information content (AvgIpc) is 2.98. The van der Waals surface area contributed by atoms with Crippen LogP contribution in [0.2, 0.25) is 0 Å². The zero-order valence-electron chi connectivity index (χ0n) is 15.3. The third-order valence-electron chi connectivity index (χ3n) is 4.11. The van der Waals surface area contributed by atoms with E-state index in [9.17, 15) is 9.59 Å².